The molecule has 1 atom stereocenters. The van der Waals surface area contributed by atoms with Gasteiger partial charge in [0.15, 0.2) is 5.13 Å². The van der Waals surface area contributed by atoms with Crippen molar-refractivity contribution in [2.75, 3.05) is 35.2 Å². The summed E-state index contributed by atoms with van der Waals surface area (Å²) < 4.78 is 32.3. The second-order valence-electron chi connectivity index (χ2n) is 7.94. The van der Waals surface area contributed by atoms with Gasteiger partial charge in [-0.25, -0.2) is 13.4 Å². The number of ether oxygens (including phenoxy) is 1. The van der Waals surface area contributed by atoms with Gasteiger partial charge in [-0.2, -0.15) is 0 Å². The second kappa shape index (κ2) is 7.89. The van der Waals surface area contributed by atoms with Gasteiger partial charge in [-0.15, -0.1) is 0 Å². The summed E-state index contributed by atoms with van der Waals surface area (Å²) in [5.41, 5.74) is 2.93. The van der Waals surface area contributed by atoms with E-state index in [1.54, 1.807) is 17.0 Å². The van der Waals surface area contributed by atoms with Crippen LogP contribution in [0.4, 0.5) is 10.8 Å². The molecule has 0 aliphatic carbocycles. The van der Waals surface area contributed by atoms with Crippen LogP contribution in [0, 0.1) is 0 Å². The Morgan fingerprint density at radius 2 is 2.13 bits per heavy atom. The van der Waals surface area contributed by atoms with Crippen molar-refractivity contribution >= 4 is 48.3 Å². The highest BCUT2D eigenvalue weighted by atomic mass is 32.2. The van der Waals surface area contributed by atoms with Crippen LogP contribution in [-0.2, 0) is 21.2 Å². The molecule has 1 saturated heterocycles. The third-order valence-electron chi connectivity index (χ3n) is 5.75. The fourth-order valence-corrected chi connectivity index (χ4v) is 6.15. The molecule has 2 aliphatic rings. The van der Waals surface area contributed by atoms with E-state index in [2.05, 4.69) is 0 Å². The van der Waals surface area contributed by atoms with E-state index < -0.39 is 10.0 Å². The van der Waals surface area contributed by atoms with E-state index in [1.165, 1.54) is 21.9 Å². The van der Waals surface area contributed by atoms with Crippen molar-refractivity contribution in [2.45, 2.75) is 25.4 Å². The maximum atomic E-state index is 13.6. The molecule has 5 rings (SSSR count). The standard InChI is InChI=1S/C22H23N3O4S2/c1-31(27,28)25-11-10-15-13-16(8-9-19(15)25)21(26)24(14-17-5-4-12-29-17)22-23-18-6-2-3-7-20(18)30-22/h2-3,6-9,13,17H,4-5,10-12,14H2,1H3/t17-/m1/s1. The molecular weight excluding hydrogens is 434 g/mol. The predicted octanol–water partition coefficient (Wildman–Crippen LogP) is 3.44. The van der Waals surface area contributed by atoms with Crippen LogP contribution >= 0.6 is 11.3 Å². The number of fused-ring (bicyclic) bond motifs is 2. The van der Waals surface area contributed by atoms with Crippen LogP contribution < -0.4 is 9.21 Å². The van der Waals surface area contributed by atoms with Gasteiger partial charge in [-0.05, 0) is 55.2 Å². The van der Waals surface area contributed by atoms with E-state index in [1.807, 2.05) is 30.3 Å². The summed E-state index contributed by atoms with van der Waals surface area (Å²) in [6.07, 6.45) is 3.70. The SMILES string of the molecule is CS(=O)(=O)N1CCc2cc(C(=O)N(C[C@H]3CCCO3)c3nc4ccccc4s3)ccc21. The number of hydrogen-bond acceptors (Lipinski definition) is 6. The number of carbonyl (C=O) groups excluding carboxylic acids is 1. The highest BCUT2D eigenvalue weighted by Gasteiger charge is 2.30. The quantitative estimate of drug-likeness (QED) is 0.586. The Kier molecular flexibility index (Phi) is 5.19. The number of sulfonamides is 1. The summed E-state index contributed by atoms with van der Waals surface area (Å²) in [5.74, 6) is -0.143. The van der Waals surface area contributed by atoms with Gasteiger partial charge in [0.2, 0.25) is 10.0 Å². The maximum Gasteiger partial charge on any atom is 0.260 e. The fraction of sp³-hybridized carbons (Fsp3) is 0.364. The summed E-state index contributed by atoms with van der Waals surface area (Å²) >= 11 is 1.49. The molecule has 0 unspecified atom stereocenters. The van der Waals surface area contributed by atoms with Gasteiger partial charge in [-0.1, -0.05) is 23.5 Å². The van der Waals surface area contributed by atoms with Crippen LogP contribution in [0.5, 0.6) is 0 Å². The molecule has 1 aromatic heterocycles. The topological polar surface area (TPSA) is 79.8 Å². The average molecular weight is 458 g/mol. The zero-order valence-electron chi connectivity index (χ0n) is 17.2. The predicted molar refractivity (Wildman–Crippen MR) is 123 cm³/mol. The number of anilines is 2. The molecule has 1 fully saturated rings. The van der Waals surface area contributed by atoms with E-state index in [0.29, 0.717) is 42.5 Å². The number of rotatable bonds is 5. The van der Waals surface area contributed by atoms with Crippen LogP contribution in [0.15, 0.2) is 42.5 Å². The molecule has 0 saturated carbocycles. The van der Waals surface area contributed by atoms with Crippen molar-refractivity contribution in [3.05, 3.63) is 53.6 Å². The molecule has 2 aromatic carbocycles. The van der Waals surface area contributed by atoms with Crippen LogP contribution in [-0.4, -0.2) is 51.4 Å². The van der Waals surface area contributed by atoms with Crippen LogP contribution in [0.3, 0.4) is 0 Å². The number of nitrogens with zero attached hydrogens (tertiary/aromatic N) is 3. The molecular formula is C22H23N3O4S2. The monoisotopic (exact) mass is 457 g/mol. The summed E-state index contributed by atoms with van der Waals surface area (Å²) in [4.78, 5) is 20.0. The van der Waals surface area contributed by atoms with Crippen molar-refractivity contribution in [2.24, 2.45) is 0 Å². The average Bonchev–Trinajstić information content (AvgIpc) is 3.49. The van der Waals surface area contributed by atoms with Crippen LogP contribution in [0.25, 0.3) is 10.2 Å². The van der Waals surface area contributed by atoms with E-state index in [9.17, 15) is 13.2 Å². The van der Waals surface area contributed by atoms with E-state index in [-0.39, 0.29) is 12.0 Å². The largest absolute Gasteiger partial charge is 0.376 e. The molecule has 0 N–H and O–H groups in total. The van der Waals surface area contributed by atoms with Gasteiger partial charge in [-0.3, -0.25) is 14.0 Å². The van der Waals surface area contributed by atoms with Crippen molar-refractivity contribution in [1.82, 2.24) is 4.98 Å². The Morgan fingerprint density at radius 1 is 1.29 bits per heavy atom. The summed E-state index contributed by atoms with van der Waals surface area (Å²) in [6.45, 7) is 1.57. The summed E-state index contributed by atoms with van der Waals surface area (Å²) in [7, 11) is -3.33. The van der Waals surface area contributed by atoms with Crippen molar-refractivity contribution in [1.29, 1.82) is 0 Å². The third-order valence-corrected chi connectivity index (χ3v) is 7.99. The number of hydrogen-bond donors (Lipinski definition) is 0. The fourth-order valence-electron chi connectivity index (χ4n) is 4.22. The summed E-state index contributed by atoms with van der Waals surface area (Å²) in [5, 5.41) is 0.653. The molecule has 3 heterocycles. The first-order chi connectivity index (χ1) is 14.9. The molecule has 0 radical (unpaired) electrons. The van der Waals surface area contributed by atoms with E-state index >= 15 is 0 Å². The molecule has 0 spiro atoms. The minimum atomic E-state index is -3.33. The zero-order chi connectivity index (χ0) is 21.6. The van der Waals surface area contributed by atoms with E-state index in [4.69, 9.17) is 9.72 Å². The molecule has 31 heavy (non-hydrogen) atoms. The number of thiazole rings is 1. The molecule has 0 bridgehead atoms. The number of aromatic nitrogens is 1. The maximum absolute atomic E-state index is 13.6. The first-order valence-electron chi connectivity index (χ1n) is 10.3. The number of carbonyl (C=O) groups is 1. The second-order valence-corrected chi connectivity index (χ2v) is 10.9. The minimum Gasteiger partial charge on any atom is -0.376 e. The van der Waals surface area contributed by atoms with Crippen LogP contribution in [0.2, 0.25) is 0 Å². The number of para-hydroxylation sites is 1. The number of amides is 1. The Hall–Kier alpha value is -2.49. The van der Waals surface area contributed by atoms with Gasteiger partial charge in [0, 0.05) is 18.7 Å². The highest BCUT2D eigenvalue weighted by molar-refractivity contribution is 7.92. The Morgan fingerprint density at radius 3 is 2.87 bits per heavy atom. The van der Waals surface area contributed by atoms with Gasteiger partial charge in [0.1, 0.15) is 0 Å². The lowest BCUT2D eigenvalue weighted by atomic mass is 10.1. The number of benzene rings is 2. The van der Waals surface area contributed by atoms with E-state index in [0.717, 1.165) is 28.6 Å². The minimum absolute atomic E-state index is 0.00823. The highest BCUT2D eigenvalue weighted by Crippen LogP contribution is 2.33. The smallest absolute Gasteiger partial charge is 0.260 e. The van der Waals surface area contributed by atoms with Crippen molar-refractivity contribution in [3.63, 3.8) is 0 Å². The first kappa shape index (κ1) is 20.4. The molecule has 3 aromatic rings. The Balaban J connectivity index is 1.50. The Bertz CT molecular complexity index is 1220. The molecule has 162 valence electrons. The van der Waals surface area contributed by atoms with Crippen molar-refractivity contribution in [3.8, 4) is 0 Å². The third kappa shape index (κ3) is 3.93. The molecule has 7 nitrogen and oxygen atoms in total. The van der Waals surface area contributed by atoms with Gasteiger partial charge < -0.3 is 4.74 Å². The first-order valence-corrected chi connectivity index (χ1v) is 13.0. The zero-order valence-corrected chi connectivity index (χ0v) is 18.8. The molecule has 2 aliphatic heterocycles. The lowest BCUT2D eigenvalue weighted by Gasteiger charge is -2.23. The molecule has 9 heteroatoms. The Labute approximate surface area is 185 Å². The van der Waals surface area contributed by atoms with Gasteiger partial charge in [0.05, 0.1) is 34.8 Å². The summed E-state index contributed by atoms with van der Waals surface area (Å²) in [6, 6.07) is 13.1. The molecule has 1 amide bonds. The van der Waals surface area contributed by atoms with Gasteiger partial charge in [0.25, 0.3) is 5.91 Å². The normalized spacial score (nSPS) is 18.5. The van der Waals surface area contributed by atoms with Crippen molar-refractivity contribution < 1.29 is 17.9 Å². The van der Waals surface area contributed by atoms with Gasteiger partial charge >= 0.3 is 0 Å². The van der Waals surface area contributed by atoms with Crippen LogP contribution in [0.1, 0.15) is 28.8 Å². The lowest BCUT2D eigenvalue weighted by molar-refractivity contribution is 0.0917. The lowest BCUT2D eigenvalue weighted by Crippen LogP contribution is -2.37.